The summed E-state index contributed by atoms with van der Waals surface area (Å²) in [4.78, 5) is 25.1. The molecule has 7 heteroatoms. The van der Waals surface area contributed by atoms with Gasteiger partial charge in [0, 0.05) is 16.4 Å². The molecular weight excluding hydrogens is 378 g/mol. The molecule has 3 N–H and O–H groups in total. The van der Waals surface area contributed by atoms with Gasteiger partial charge in [0.05, 0.1) is 18.2 Å². The number of allylic oxidation sites excluding steroid dienone is 1. The van der Waals surface area contributed by atoms with Gasteiger partial charge >= 0.3 is 6.03 Å². The Kier molecular flexibility index (Phi) is 5.90. The summed E-state index contributed by atoms with van der Waals surface area (Å²) in [5.41, 5.74) is 3.12. The topological polar surface area (TPSA) is 79.5 Å². The molecule has 0 aliphatic carbocycles. The number of halogens is 1. The summed E-state index contributed by atoms with van der Waals surface area (Å²) in [6, 6.07) is 11.7. The molecule has 146 valence electrons. The van der Waals surface area contributed by atoms with Gasteiger partial charge in [0.25, 0.3) is 5.91 Å². The maximum absolute atomic E-state index is 13.1. The highest BCUT2D eigenvalue weighted by Crippen LogP contribution is 2.30. The zero-order valence-corrected chi connectivity index (χ0v) is 16.7. The predicted molar refractivity (Wildman–Crippen MR) is 110 cm³/mol. The summed E-state index contributed by atoms with van der Waals surface area (Å²) in [6.07, 6.45) is 0. The van der Waals surface area contributed by atoms with E-state index >= 15 is 0 Å². The van der Waals surface area contributed by atoms with Crippen LogP contribution in [0.4, 0.5) is 10.5 Å². The van der Waals surface area contributed by atoms with Crippen LogP contribution in [0.25, 0.3) is 0 Å². The number of amides is 3. The van der Waals surface area contributed by atoms with Crippen LogP contribution < -0.4 is 20.7 Å². The van der Waals surface area contributed by atoms with E-state index in [0.29, 0.717) is 28.6 Å². The Morgan fingerprint density at radius 3 is 2.57 bits per heavy atom. The summed E-state index contributed by atoms with van der Waals surface area (Å²) in [5.74, 6) is 0.419. The number of hydrogen-bond donors (Lipinski definition) is 3. The van der Waals surface area contributed by atoms with Gasteiger partial charge in [-0.1, -0.05) is 29.8 Å². The maximum atomic E-state index is 13.1. The van der Waals surface area contributed by atoms with Crippen molar-refractivity contribution in [1.82, 2.24) is 10.6 Å². The van der Waals surface area contributed by atoms with Crippen LogP contribution in [0.15, 0.2) is 53.7 Å². The molecule has 0 saturated heterocycles. The van der Waals surface area contributed by atoms with E-state index in [4.69, 9.17) is 16.3 Å². The first kappa shape index (κ1) is 19.8. The molecule has 1 aliphatic heterocycles. The first-order valence-electron chi connectivity index (χ1n) is 8.98. The number of carbonyl (C=O) groups excluding carboxylic acids is 2. The Bertz CT molecular complexity index is 938. The van der Waals surface area contributed by atoms with Gasteiger partial charge in [-0.15, -0.1) is 0 Å². The third-order valence-electron chi connectivity index (χ3n) is 4.55. The van der Waals surface area contributed by atoms with Crippen LogP contribution in [0.1, 0.15) is 31.0 Å². The Hall–Kier alpha value is -2.99. The fourth-order valence-electron chi connectivity index (χ4n) is 3.10. The summed E-state index contributed by atoms with van der Waals surface area (Å²) in [6.45, 7) is 6.02. The number of rotatable bonds is 5. The molecule has 0 bridgehead atoms. The van der Waals surface area contributed by atoms with Crippen LogP contribution in [-0.4, -0.2) is 18.5 Å². The van der Waals surface area contributed by atoms with Crippen molar-refractivity contribution in [1.29, 1.82) is 0 Å². The molecule has 1 atom stereocenters. The molecular formula is C21H22ClN3O3. The number of ether oxygens (including phenoxy) is 1. The third-order valence-corrected chi connectivity index (χ3v) is 4.96. The number of urea groups is 1. The van der Waals surface area contributed by atoms with Crippen molar-refractivity contribution in [3.8, 4) is 5.75 Å². The Morgan fingerprint density at radius 1 is 1.18 bits per heavy atom. The number of carbonyl (C=O) groups is 2. The van der Waals surface area contributed by atoms with E-state index in [1.807, 2.05) is 38.1 Å². The highest BCUT2D eigenvalue weighted by atomic mass is 35.5. The lowest BCUT2D eigenvalue weighted by Gasteiger charge is -2.29. The second kappa shape index (κ2) is 8.35. The van der Waals surface area contributed by atoms with Gasteiger partial charge in [0.1, 0.15) is 5.75 Å². The second-order valence-corrected chi connectivity index (χ2v) is 6.85. The van der Waals surface area contributed by atoms with Crippen molar-refractivity contribution in [3.63, 3.8) is 0 Å². The van der Waals surface area contributed by atoms with E-state index in [9.17, 15) is 9.59 Å². The van der Waals surface area contributed by atoms with E-state index in [-0.39, 0.29) is 11.9 Å². The van der Waals surface area contributed by atoms with Crippen LogP contribution in [0.2, 0.25) is 5.02 Å². The molecule has 0 spiro atoms. The molecule has 2 aromatic carbocycles. The average molecular weight is 400 g/mol. The number of anilines is 1. The molecule has 6 nitrogen and oxygen atoms in total. The molecule has 1 aliphatic rings. The van der Waals surface area contributed by atoms with E-state index in [1.165, 1.54) is 0 Å². The van der Waals surface area contributed by atoms with Crippen LogP contribution in [0, 0.1) is 6.92 Å². The minimum atomic E-state index is -0.580. The number of hydrogen-bond acceptors (Lipinski definition) is 3. The van der Waals surface area contributed by atoms with Crippen molar-refractivity contribution in [2.75, 3.05) is 11.9 Å². The third kappa shape index (κ3) is 4.12. The van der Waals surface area contributed by atoms with Crippen molar-refractivity contribution < 1.29 is 14.3 Å². The lowest BCUT2D eigenvalue weighted by molar-refractivity contribution is -0.113. The summed E-state index contributed by atoms with van der Waals surface area (Å²) < 4.78 is 5.46. The Balaban J connectivity index is 1.93. The normalized spacial score (nSPS) is 16.3. The van der Waals surface area contributed by atoms with Gasteiger partial charge in [-0.25, -0.2) is 4.79 Å². The molecule has 0 saturated carbocycles. The SMILES string of the molecule is CCOc1ccc(C2NC(=O)NC(C)=C2C(=O)Nc2cccc(Cl)c2C)cc1. The van der Waals surface area contributed by atoms with Crippen LogP contribution >= 0.6 is 11.6 Å². The first-order chi connectivity index (χ1) is 13.4. The van der Waals surface area contributed by atoms with Gasteiger partial charge in [-0.3, -0.25) is 4.79 Å². The molecule has 0 radical (unpaired) electrons. The Labute approximate surface area is 168 Å². The molecule has 3 amide bonds. The average Bonchev–Trinajstić information content (AvgIpc) is 2.65. The fourth-order valence-corrected chi connectivity index (χ4v) is 3.28. The molecule has 0 fully saturated rings. The van der Waals surface area contributed by atoms with E-state index in [1.54, 1.807) is 25.1 Å². The van der Waals surface area contributed by atoms with E-state index < -0.39 is 6.04 Å². The smallest absolute Gasteiger partial charge is 0.319 e. The summed E-state index contributed by atoms with van der Waals surface area (Å²) in [5, 5.41) is 8.96. The lowest BCUT2D eigenvalue weighted by Crippen LogP contribution is -2.46. The second-order valence-electron chi connectivity index (χ2n) is 6.44. The van der Waals surface area contributed by atoms with Crippen molar-refractivity contribution in [2.45, 2.75) is 26.8 Å². The predicted octanol–water partition coefficient (Wildman–Crippen LogP) is 4.31. The molecule has 28 heavy (non-hydrogen) atoms. The zero-order chi connectivity index (χ0) is 20.3. The molecule has 1 unspecified atom stereocenters. The highest BCUT2D eigenvalue weighted by molar-refractivity contribution is 6.31. The molecule has 0 aromatic heterocycles. The number of nitrogens with one attached hydrogen (secondary N) is 3. The van der Waals surface area contributed by atoms with Gasteiger partial charge < -0.3 is 20.7 Å². The quantitative estimate of drug-likeness (QED) is 0.700. The minimum absolute atomic E-state index is 0.311. The van der Waals surface area contributed by atoms with Gasteiger partial charge in [-0.2, -0.15) is 0 Å². The van der Waals surface area contributed by atoms with Crippen LogP contribution in [-0.2, 0) is 4.79 Å². The molecule has 2 aromatic rings. The molecule has 1 heterocycles. The standard InChI is InChI=1S/C21H22ClN3O3/c1-4-28-15-10-8-14(9-11-15)19-18(13(3)23-21(27)25-19)20(26)24-17-7-5-6-16(22)12(17)2/h5-11,19H,4H2,1-3H3,(H,24,26)(H2,23,25,27). The first-order valence-corrected chi connectivity index (χ1v) is 9.36. The lowest BCUT2D eigenvalue weighted by atomic mass is 9.94. The van der Waals surface area contributed by atoms with Crippen molar-refractivity contribution >= 4 is 29.2 Å². The van der Waals surface area contributed by atoms with Crippen molar-refractivity contribution in [2.24, 2.45) is 0 Å². The van der Waals surface area contributed by atoms with Crippen LogP contribution in [0.3, 0.4) is 0 Å². The van der Waals surface area contributed by atoms with Crippen molar-refractivity contribution in [3.05, 3.63) is 69.9 Å². The minimum Gasteiger partial charge on any atom is -0.494 e. The van der Waals surface area contributed by atoms with Crippen LogP contribution in [0.5, 0.6) is 5.75 Å². The van der Waals surface area contributed by atoms with E-state index in [2.05, 4.69) is 16.0 Å². The van der Waals surface area contributed by atoms with Gasteiger partial charge in [0.2, 0.25) is 0 Å². The number of benzene rings is 2. The summed E-state index contributed by atoms with van der Waals surface area (Å²) in [7, 11) is 0. The fraction of sp³-hybridized carbons (Fsp3) is 0.238. The van der Waals surface area contributed by atoms with Gasteiger partial charge in [0.15, 0.2) is 0 Å². The Morgan fingerprint density at radius 2 is 1.89 bits per heavy atom. The maximum Gasteiger partial charge on any atom is 0.319 e. The molecule has 3 rings (SSSR count). The van der Waals surface area contributed by atoms with Gasteiger partial charge in [-0.05, 0) is 56.2 Å². The summed E-state index contributed by atoms with van der Waals surface area (Å²) >= 11 is 6.15. The largest absolute Gasteiger partial charge is 0.494 e. The monoisotopic (exact) mass is 399 g/mol. The zero-order valence-electron chi connectivity index (χ0n) is 15.9. The highest BCUT2D eigenvalue weighted by Gasteiger charge is 2.31. The van der Waals surface area contributed by atoms with E-state index in [0.717, 1.165) is 16.9 Å².